The summed E-state index contributed by atoms with van der Waals surface area (Å²) >= 11 is 6.88. The van der Waals surface area contributed by atoms with Crippen LogP contribution >= 0.6 is 31.9 Å². The molecule has 3 aromatic carbocycles. The third-order valence-corrected chi connectivity index (χ3v) is 7.14. The van der Waals surface area contributed by atoms with Gasteiger partial charge in [-0.25, -0.2) is 0 Å². The quantitative estimate of drug-likeness (QED) is 0.164. The number of amides is 1. The van der Waals surface area contributed by atoms with Crippen LogP contribution in [0.25, 0.3) is 16.7 Å². The molecule has 1 unspecified atom stereocenters. The predicted molar refractivity (Wildman–Crippen MR) is 139 cm³/mol. The number of carbonyl (C=O) groups is 2. The number of halogens is 2. The molecule has 0 saturated carbocycles. The van der Waals surface area contributed by atoms with E-state index in [1.807, 2.05) is 54.7 Å². The zero-order chi connectivity index (χ0) is 23.8. The molecule has 34 heavy (non-hydrogen) atoms. The van der Waals surface area contributed by atoms with E-state index in [1.165, 1.54) is 0 Å². The van der Waals surface area contributed by atoms with Crippen LogP contribution in [-0.4, -0.2) is 33.2 Å². The minimum Gasteiger partial charge on any atom is -0.507 e. The third kappa shape index (κ3) is 4.10. The van der Waals surface area contributed by atoms with Crippen molar-refractivity contribution in [1.29, 1.82) is 0 Å². The molecule has 5 nitrogen and oxygen atoms in total. The highest BCUT2D eigenvalue weighted by Crippen LogP contribution is 2.40. The summed E-state index contributed by atoms with van der Waals surface area (Å²) in [5.41, 5.74) is 3.44. The number of aliphatic hydroxyl groups excluding tert-OH is 1. The van der Waals surface area contributed by atoms with Gasteiger partial charge in [-0.15, -0.1) is 0 Å². The Balaban J connectivity index is 1.57. The van der Waals surface area contributed by atoms with Crippen LogP contribution in [0, 0.1) is 0 Å². The van der Waals surface area contributed by atoms with Gasteiger partial charge in [0.2, 0.25) is 0 Å². The summed E-state index contributed by atoms with van der Waals surface area (Å²) in [4.78, 5) is 31.2. The normalized spacial score (nSPS) is 17.6. The highest BCUT2D eigenvalue weighted by molar-refractivity contribution is 9.10. The Labute approximate surface area is 213 Å². The van der Waals surface area contributed by atoms with E-state index in [2.05, 4.69) is 36.8 Å². The van der Waals surface area contributed by atoms with Crippen molar-refractivity contribution in [2.75, 3.05) is 6.54 Å². The maximum absolute atomic E-state index is 13.2. The average Bonchev–Trinajstić information content (AvgIpc) is 3.36. The number of carbonyl (C=O) groups excluding carboxylic acids is 2. The SMILES string of the molecule is O=C1C(=O)N(CCc2c[nH]c3ccccc23)C(c2cccc(Br)c2)/C1=C(/O)c1ccc(Br)cc1. The van der Waals surface area contributed by atoms with Gasteiger partial charge in [-0.1, -0.05) is 74.3 Å². The van der Waals surface area contributed by atoms with Crippen LogP contribution in [-0.2, 0) is 16.0 Å². The van der Waals surface area contributed by atoms with E-state index in [0.717, 1.165) is 31.0 Å². The van der Waals surface area contributed by atoms with E-state index in [-0.39, 0.29) is 11.3 Å². The molecule has 1 aliphatic heterocycles. The van der Waals surface area contributed by atoms with Crippen LogP contribution < -0.4 is 0 Å². The number of H-pyrrole nitrogens is 1. The number of rotatable bonds is 5. The molecule has 0 bridgehead atoms. The number of hydrogen-bond donors (Lipinski definition) is 2. The lowest BCUT2D eigenvalue weighted by atomic mass is 9.95. The molecule has 0 spiro atoms. The molecule has 2 heterocycles. The molecule has 1 saturated heterocycles. The van der Waals surface area contributed by atoms with Gasteiger partial charge in [-0.3, -0.25) is 9.59 Å². The number of nitrogens with zero attached hydrogens (tertiary/aromatic N) is 1. The van der Waals surface area contributed by atoms with Crippen molar-refractivity contribution in [3.63, 3.8) is 0 Å². The van der Waals surface area contributed by atoms with Crippen LogP contribution in [0.5, 0.6) is 0 Å². The number of likely N-dealkylation sites (tertiary alicyclic amines) is 1. The molecule has 0 aliphatic carbocycles. The molecule has 0 radical (unpaired) electrons. The van der Waals surface area contributed by atoms with Gasteiger partial charge in [0, 0.05) is 38.2 Å². The minimum atomic E-state index is -0.689. The first-order valence-electron chi connectivity index (χ1n) is 10.8. The van der Waals surface area contributed by atoms with Crippen molar-refractivity contribution in [3.05, 3.63) is 110 Å². The van der Waals surface area contributed by atoms with Crippen LogP contribution in [0.15, 0.2) is 93.5 Å². The van der Waals surface area contributed by atoms with E-state index in [9.17, 15) is 14.7 Å². The Bertz CT molecular complexity index is 1440. The van der Waals surface area contributed by atoms with Gasteiger partial charge in [-0.2, -0.15) is 0 Å². The maximum atomic E-state index is 13.2. The smallest absolute Gasteiger partial charge is 0.295 e. The Hall–Kier alpha value is -3.16. The number of benzene rings is 3. The molecular formula is C27H20Br2N2O3. The zero-order valence-electron chi connectivity index (χ0n) is 18.0. The second-order valence-corrected chi connectivity index (χ2v) is 10.00. The number of aromatic amines is 1. The highest BCUT2D eigenvalue weighted by atomic mass is 79.9. The molecule has 1 amide bonds. The molecular weight excluding hydrogens is 560 g/mol. The summed E-state index contributed by atoms with van der Waals surface area (Å²) in [6.45, 7) is 0.334. The van der Waals surface area contributed by atoms with Crippen molar-refractivity contribution < 1.29 is 14.7 Å². The van der Waals surface area contributed by atoms with E-state index in [4.69, 9.17) is 0 Å². The highest BCUT2D eigenvalue weighted by Gasteiger charge is 2.45. The van der Waals surface area contributed by atoms with Gasteiger partial charge in [0.1, 0.15) is 5.76 Å². The van der Waals surface area contributed by atoms with Crippen LogP contribution in [0.4, 0.5) is 0 Å². The van der Waals surface area contributed by atoms with Gasteiger partial charge >= 0.3 is 0 Å². The molecule has 7 heteroatoms. The molecule has 4 aromatic rings. The fourth-order valence-corrected chi connectivity index (χ4v) is 5.16. The van der Waals surface area contributed by atoms with Crippen molar-refractivity contribution in [2.45, 2.75) is 12.5 Å². The number of nitrogens with one attached hydrogen (secondary N) is 1. The summed E-state index contributed by atoms with van der Waals surface area (Å²) in [7, 11) is 0. The summed E-state index contributed by atoms with van der Waals surface area (Å²) in [5, 5.41) is 12.3. The largest absolute Gasteiger partial charge is 0.507 e. The number of fused-ring (bicyclic) bond motifs is 1. The third-order valence-electron chi connectivity index (χ3n) is 6.12. The number of para-hydroxylation sites is 1. The molecule has 170 valence electrons. The maximum Gasteiger partial charge on any atom is 0.295 e. The zero-order valence-corrected chi connectivity index (χ0v) is 21.1. The standard InChI is InChI=1S/C27H20Br2N2O3/c28-19-10-8-16(9-11-19)25(32)23-24(17-4-3-5-20(29)14-17)31(27(34)26(23)33)13-12-18-15-30-22-7-2-1-6-21(18)22/h1-11,14-15,24,30,32H,12-13H2/b25-23-. The monoisotopic (exact) mass is 578 g/mol. The summed E-state index contributed by atoms with van der Waals surface area (Å²) in [5.74, 6) is -1.46. The first-order valence-corrected chi connectivity index (χ1v) is 12.4. The first kappa shape index (κ1) is 22.6. The minimum absolute atomic E-state index is 0.101. The van der Waals surface area contributed by atoms with E-state index < -0.39 is 17.7 Å². The van der Waals surface area contributed by atoms with Gasteiger partial charge in [-0.05, 0) is 47.9 Å². The average molecular weight is 580 g/mol. The van der Waals surface area contributed by atoms with E-state index in [1.54, 1.807) is 29.2 Å². The van der Waals surface area contributed by atoms with Gasteiger partial charge in [0.05, 0.1) is 11.6 Å². The van der Waals surface area contributed by atoms with Crippen LogP contribution in [0.3, 0.4) is 0 Å². The van der Waals surface area contributed by atoms with E-state index >= 15 is 0 Å². The van der Waals surface area contributed by atoms with Crippen molar-refractivity contribution >= 4 is 60.2 Å². The first-order chi connectivity index (χ1) is 16.4. The molecule has 1 aliphatic rings. The van der Waals surface area contributed by atoms with Gasteiger partial charge in [0.25, 0.3) is 11.7 Å². The molecule has 1 aromatic heterocycles. The van der Waals surface area contributed by atoms with Crippen molar-refractivity contribution in [1.82, 2.24) is 9.88 Å². The second-order valence-electron chi connectivity index (χ2n) is 8.16. The topological polar surface area (TPSA) is 73.4 Å². The number of aromatic nitrogens is 1. The lowest BCUT2D eigenvalue weighted by Gasteiger charge is -2.25. The van der Waals surface area contributed by atoms with Crippen molar-refractivity contribution in [3.8, 4) is 0 Å². The summed E-state index contributed by atoms with van der Waals surface area (Å²) < 4.78 is 1.68. The lowest BCUT2D eigenvalue weighted by Crippen LogP contribution is -2.31. The van der Waals surface area contributed by atoms with Crippen molar-refractivity contribution in [2.24, 2.45) is 0 Å². The number of Topliss-reactive ketones (excluding diaryl/α,β-unsaturated/α-hetero) is 1. The lowest BCUT2D eigenvalue weighted by molar-refractivity contribution is -0.139. The summed E-state index contributed by atoms with van der Waals surface area (Å²) in [6.07, 6.45) is 2.51. The van der Waals surface area contributed by atoms with E-state index in [0.29, 0.717) is 18.5 Å². The fourth-order valence-electron chi connectivity index (χ4n) is 4.48. The molecule has 5 rings (SSSR count). The van der Waals surface area contributed by atoms with Crippen LogP contribution in [0.1, 0.15) is 22.7 Å². The molecule has 1 atom stereocenters. The fraction of sp³-hybridized carbons (Fsp3) is 0.111. The Morgan fingerprint density at radius 1 is 0.941 bits per heavy atom. The van der Waals surface area contributed by atoms with Crippen LogP contribution in [0.2, 0.25) is 0 Å². The Morgan fingerprint density at radius 3 is 2.47 bits per heavy atom. The Morgan fingerprint density at radius 2 is 1.71 bits per heavy atom. The second kappa shape index (κ2) is 9.24. The number of hydrogen-bond acceptors (Lipinski definition) is 3. The number of aliphatic hydroxyl groups is 1. The number of ketones is 1. The molecule has 1 fully saturated rings. The van der Waals surface area contributed by atoms with Gasteiger partial charge in [0.15, 0.2) is 0 Å². The summed E-state index contributed by atoms with van der Waals surface area (Å²) in [6, 6.07) is 21.8. The Kier molecular flexibility index (Phi) is 6.15. The van der Waals surface area contributed by atoms with Gasteiger partial charge < -0.3 is 15.0 Å². The predicted octanol–water partition coefficient (Wildman–Crippen LogP) is 6.36. The molecule has 2 N–H and O–H groups in total.